The molecule has 24 heavy (non-hydrogen) atoms. The molecule has 0 aliphatic rings. The minimum atomic E-state index is -0.0147. The van der Waals surface area contributed by atoms with E-state index in [-0.39, 0.29) is 5.41 Å². The van der Waals surface area contributed by atoms with Crippen molar-refractivity contribution in [3.05, 3.63) is 47.8 Å². The van der Waals surface area contributed by atoms with Crippen LogP contribution in [0.5, 0.6) is 0 Å². The van der Waals surface area contributed by atoms with Crippen LogP contribution in [0.1, 0.15) is 45.4 Å². The van der Waals surface area contributed by atoms with E-state index in [2.05, 4.69) is 75.4 Å². The Morgan fingerprint density at radius 2 is 1.83 bits per heavy atom. The number of nitrogens with zero attached hydrogens (tertiary/aromatic N) is 3. The number of anilines is 1. The number of fused-ring (bicyclic) bond motifs is 1. The Hall–Kier alpha value is -2.36. The van der Waals surface area contributed by atoms with Gasteiger partial charge in [0.2, 0.25) is 0 Å². The smallest absolute Gasteiger partial charge is 0.165 e. The van der Waals surface area contributed by atoms with Crippen LogP contribution in [0.3, 0.4) is 0 Å². The summed E-state index contributed by atoms with van der Waals surface area (Å²) < 4.78 is 1.92. The summed E-state index contributed by atoms with van der Waals surface area (Å²) in [7, 11) is 0. The third kappa shape index (κ3) is 3.14. The summed E-state index contributed by atoms with van der Waals surface area (Å²) in [4.78, 5) is 4.93. The molecule has 4 nitrogen and oxygen atoms in total. The Kier molecular flexibility index (Phi) is 4.31. The lowest BCUT2D eigenvalue weighted by Gasteiger charge is -2.20. The number of aromatic nitrogens is 3. The van der Waals surface area contributed by atoms with Gasteiger partial charge in [-0.25, -0.2) is 4.98 Å². The predicted octanol–water partition coefficient (Wildman–Crippen LogP) is 4.82. The zero-order chi connectivity index (χ0) is 17.3. The van der Waals surface area contributed by atoms with E-state index >= 15 is 0 Å². The molecule has 3 rings (SSSR count). The van der Waals surface area contributed by atoms with Crippen molar-refractivity contribution in [2.75, 3.05) is 11.9 Å². The number of aryl methyl sites for hydroxylation is 1. The molecule has 0 atom stereocenters. The maximum Gasteiger partial charge on any atom is 0.165 e. The molecule has 0 radical (unpaired) electrons. The number of rotatable bonds is 4. The quantitative estimate of drug-likeness (QED) is 0.748. The van der Waals surface area contributed by atoms with Crippen LogP contribution in [-0.4, -0.2) is 21.1 Å². The van der Waals surface area contributed by atoms with Gasteiger partial charge in [-0.3, -0.25) is 0 Å². The van der Waals surface area contributed by atoms with E-state index in [4.69, 9.17) is 4.98 Å². The third-order valence-electron chi connectivity index (χ3n) is 4.16. The standard InChI is InChI=1S/C20H26N4/c1-6-11-21-18-12-17(20(3,4)5)23-19-16(13-22-24(18)19)15-9-7-14(2)8-10-15/h7-10,12-13,21H,6,11H2,1-5H3. The topological polar surface area (TPSA) is 42.2 Å². The van der Waals surface area contributed by atoms with Crippen LogP contribution in [0, 0.1) is 6.92 Å². The van der Waals surface area contributed by atoms with E-state index in [0.29, 0.717) is 0 Å². The lowest BCUT2D eigenvalue weighted by atomic mass is 9.92. The molecular formula is C20H26N4. The Labute approximate surface area is 143 Å². The van der Waals surface area contributed by atoms with Crippen molar-refractivity contribution in [3.8, 4) is 11.1 Å². The van der Waals surface area contributed by atoms with Gasteiger partial charge in [-0.15, -0.1) is 0 Å². The molecule has 2 heterocycles. The van der Waals surface area contributed by atoms with Gasteiger partial charge < -0.3 is 5.32 Å². The fourth-order valence-corrected chi connectivity index (χ4v) is 2.66. The minimum absolute atomic E-state index is 0.0147. The van der Waals surface area contributed by atoms with Crippen molar-refractivity contribution in [1.82, 2.24) is 14.6 Å². The van der Waals surface area contributed by atoms with Crippen LogP contribution in [-0.2, 0) is 5.41 Å². The fourth-order valence-electron chi connectivity index (χ4n) is 2.66. The second kappa shape index (κ2) is 6.27. The minimum Gasteiger partial charge on any atom is -0.370 e. The van der Waals surface area contributed by atoms with Crippen LogP contribution < -0.4 is 5.32 Å². The lowest BCUT2D eigenvalue weighted by molar-refractivity contribution is 0.568. The molecule has 0 bridgehead atoms. The SMILES string of the molecule is CCCNc1cc(C(C)(C)C)nc2c(-c3ccc(C)cc3)cnn12. The molecule has 0 unspecified atom stereocenters. The first-order valence-corrected chi connectivity index (χ1v) is 8.60. The highest BCUT2D eigenvalue weighted by atomic mass is 15.3. The van der Waals surface area contributed by atoms with Crippen molar-refractivity contribution in [2.24, 2.45) is 0 Å². The van der Waals surface area contributed by atoms with E-state index in [1.165, 1.54) is 5.56 Å². The molecule has 0 spiro atoms. The summed E-state index contributed by atoms with van der Waals surface area (Å²) in [6.07, 6.45) is 2.98. The van der Waals surface area contributed by atoms with E-state index in [1.807, 2.05) is 10.7 Å². The number of hydrogen-bond acceptors (Lipinski definition) is 3. The Morgan fingerprint density at radius 3 is 2.46 bits per heavy atom. The summed E-state index contributed by atoms with van der Waals surface area (Å²) in [6.45, 7) is 11.8. The summed E-state index contributed by atoms with van der Waals surface area (Å²) in [5, 5.41) is 8.07. The Balaban J connectivity index is 2.20. The second-order valence-corrected chi connectivity index (χ2v) is 7.36. The monoisotopic (exact) mass is 322 g/mol. The van der Waals surface area contributed by atoms with Gasteiger partial charge >= 0.3 is 0 Å². The molecule has 2 aromatic heterocycles. The van der Waals surface area contributed by atoms with Crippen LogP contribution in [0.2, 0.25) is 0 Å². The molecule has 0 fully saturated rings. The molecule has 0 amide bonds. The largest absolute Gasteiger partial charge is 0.370 e. The van der Waals surface area contributed by atoms with Gasteiger partial charge in [-0.2, -0.15) is 9.61 Å². The fraction of sp³-hybridized carbons (Fsp3) is 0.400. The maximum absolute atomic E-state index is 4.93. The van der Waals surface area contributed by atoms with Crippen molar-refractivity contribution in [3.63, 3.8) is 0 Å². The number of nitrogens with one attached hydrogen (secondary N) is 1. The van der Waals surface area contributed by atoms with E-state index < -0.39 is 0 Å². The summed E-state index contributed by atoms with van der Waals surface area (Å²) in [5.74, 6) is 1.00. The summed E-state index contributed by atoms with van der Waals surface area (Å²) >= 11 is 0. The predicted molar refractivity (Wildman–Crippen MR) is 101 cm³/mol. The van der Waals surface area contributed by atoms with Crippen molar-refractivity contribution in [2.45, 2.75) is 46.5 Å². The average Bonchev–Trinajstić information content (AvgIpc) is 2.96. The Morgan fingerprint density at radius 1 is 1.12 bits per heavy atom. The van der Waals surface area contributed by atoms with Crippen molar-refractivity contribution >= 4 is 11.5 Å². The first kappa shape index (κ1) is 16.5. The first-order valence-electron chi connectivity index (χ1n) is 8.60. The van der Waals surface area contributed by atoms with Gasteiger partial charge in [-0.05, 0) is 18.9 Å². The van der Waals surface area contributed by atoms with Gasteiger partial charge in [-0.1, -0.05) is 57.5 Å². The Bertz CT molecular complexity index is 838. The van der Waals surface area contributed by atoms with Crippen LogP contribution in [0.25, 0.3) is 16.8 Å². The maximum atomic E-state index is 4.93. The molecule has 4 heteroatoms. The van der Waals surface area contributed by atoms with Gasteiger partial charge in [0.15, 0.2) is 5.65 Å². The molecule has 0 saturated carbocycles. The highest BCUT2D eigenvalue weighted by Crippen LogP contribution is 2.29. The molecule has 126 valence electrons. The van der Waals surface area contributed by atoms with Gasteiger partial charge in [0.05, 0.1) is 11.9 Å². The van der Waals surface area contributed by atoms with E-state index in [1.54, 1.807) is 0 Å². The molecule has 0 aliphatic heterocycles. The number of hydrogen-bond donors (Lipinski definition) is 1. The van der Waals surface area contributed by atoms with Gasteiger partial charge in [0.1, 0.15) is 5.82 Å². The van der Waals surface area contributed by atoms with Gasteiger partial charge in [0, 0.05) is 23.6 Å². The normalized spacial score (nSPS) is 11.9. The molecule has 1 N–H and O–H groups in total. The highest BCUT2D eigenvalue weighted by molar-refractivity contribution is 5.78. The summed E-state index contributed by atoms with van der Waals surface area (Å²) in [6, 6.07) is 10.6. The first-order chi connectivity index (χ1) is 11.4. The third-order valence-corrected chi connectivity index (χ3v) is 4.16. The van der Waals surface area contributed by atoms with Crippen LogP contribution in [0.15, 0.2) is 36.5 Å². The zero-order valence-electron chi connectivity index (χ0n) is 15.2. The lowest BCUT2D eigenvalue weighted by Crippen LogP contribution is -2.16. The highest BCUT2D eigenvalue weighted by Gasteiger charge is 2.20. The summed E-state index contributed by atoms with van der Waals surface area (Å²) in [5.41, 5.74) is 5.44. The van der Waals surface area contributed by atoms with Gasteiger partial charge in [0.25, 0.3) is 0 Å². The number of benzene rings is 1. The molecule has 0 saturated heterocycles. The van der Waals surface area contributed by atoms with Crippen LogP contribution in [0.4, 0.5) is 5.82 Å². The average molecular weight is 322 g/mol. The van der Waals surface area contributed by atoms with E-state index in [9.17, 15) is 0 Å². The molecular weight excluding hydrogens is 296 g/mol. The van der Waals surface area contributed by atoms with E-state index in [0.717, 1.165) is 41.3 Å². The molecule has 1 aromatic carbocycles. The second-order valence-electron chi connectivity index (χ2n) is 7.36. The van der Waals surface area contributed by atoms with Crippen molar-refractivity contribution in [1.29, 1.82) is 0 Å². The molecule has 0 aliphatic carbocycles. The van der Waals surface area contributed by atoms with Crippen molar-refractivity contribution < 1.29 is 0 Å². The van der Waals surface area contributed by atoms with Crippen LogP contribution >= 0.6 is 0 Å². The molecule has 3 aromatic rings. The zero-order valence-corrected chi connectivity index (χ0v) is 15.2.